The number of hydrogen-bond donors (Lipinski definition) is 1. The normalized spacial score (nSPS) is 11.1. The van der Waals surface area contributed by atoms with Crippen LogP contribution in [0.3, 0.4) is 0 Å². The number of para-hydroxylation sites is 3. The highest BCUT2D eigenvalue weighted by Crippen LogP contribution is 2.21. The Bertz CT molecular complexity index is 1020. The van der Waals surface area contributed by atoms with Gasteiger partial charge in [-0.15, -0.1) is 0 Å². The maximum atomic E-state index is 12.1. The summed E-state index contributed by atoms with van der Waals surface area (Å²) in [6.07, 6.45) is 0. The zero-order valence-corrected chi connectivity index (χ0v) is 11.8. The number of nitrogens with zero attached hydrogens (tertiary/aromatic N) is 3. The van der Waals surface area contributed by atoms with Gasteiger partial charge in [-0.3, -0.25) is 10.1 Å². The summed E-state index contributed by atoms with van der Waals surface area (Å²) in [6.45, 7) is 0. The van der Waals surface area contributed by atoms with Gasteiger partial charge in [0.1, 0.15) is 5.52 Å². The third-order valence-corrected chi connectivity index (χ3v) is 3.53. The number of fused-ring (bicyclic) bond motifs is 2. The van der Waals surface area contributed by atoms with E-state index in [1.165, 1.54) is 0 Å². The van der Waals surface area contributed by atoms with Crippen molar-refractivity contribution in [2.75, 3.05) is 5.32 Å². The van der Waals surface area contributed by atoms with Gasteiger partial charge >= 0.3 is 6.01 Å². The molecule has 4 aromatic rings. The summed E-state index contributed by atoms with van der Waals surface area (Å²) in [5.41, 5.74) is 1.93. The van der Waals surface area contributed by atoms with Gasteiger partial charge in [-0.1, -0.05) is 24.3 Å². The van der Waals surface area contributed by atoms with E-state index in [0.717, 1.165) is 11.0 Å². The lowest BCUT2D eigenvalue weighted by atomic mass is 10.2. The first-order chi connectivity index (χ1) is 10.7. The molecule has 0 atom stereocenters. The van der Waals surface area contributed by atoms with Crippen LogP contribution in [0.2, 0.25) is 0 Å². The fourth-order valence-electron chi connectivity index (χ4n) is 2.43. The zero-order valence-electron chi connectivity index (χ0n) is 11.8. The van der Waals surface area contributed by atoms with Crippen molar-refractivity contribution in [3.8, 4) is 0 Å². The standard InChI is InChI=1S/C16H12N4O2/c1-20-12-8-4-2-6-10(12)14(21)18-15(20)19-16-17-11-7-3-5-9-13(11)22-16/h2-9H,1H3,(H,17,18,19,21). The molecule has 2 aromatic carbocycles. The average Bonchev–Trinajstić information content (AvgIpc) is 2.95. The molecule has 0 amide bonds. The van der Waals surface area contributed by atoms with E-state index in [0.29, 0.717) is 22.9 Å². The minimum Gasteiger partial charge on any atom is -0.423 e. The van der Waals surface area contributed by atoms with E-state index in [1.807, 2.05) is 49.5 Å². The molecule has 2 heterocycles. The van der Waals surface area contributed by atoms with E-state index >= 15 is 0 Å². The summed E-state index contributed by atoms with van der Waals surface area (Å²) in [5.74, 6) is 0.384. The number of benzene rings is 2. The largest absolute Gasteiger partial charge is 0.423 e. The summed E-state index contributed by atoms with van der Waals surface area (Å²) in [4.78, 5) is 20.5. The lowest BCUT2D eigenvalue weighted by Gasteiger charge is -2.10. The SMILES string of the molecule is Cn1c(Nc2nc3ccccc3o2)nc(=O)c2ccccc21. The van der Waals surface area contributed by atoms with Crippen LogP contribution in [0.5, 0.6) is 0 Å². The Morgan fingerprint density at radius 2 is 1.82 bits per heavy atom. The summed E-state index contributed by atoms with van der Waals surface area (Å²) in [6, 6.07) is 15.1. The van der Waals surface area contributed by atoms with Gasteiger partial charge in [0.2, 0.25) is 5.95 Å². The van der Waals surface area contributed by atoms with Gasteiger partial charge in [0.25, 0.3) is 5.56 Å². The topological polar surface area (TPSA) is 73.0 Å². The Morgan fingerprint density at radius 1 is 1.05 bits per heavy atom. The first-order valence-corrected chi connectivity index (χ1v) is 6.81. The molecule has 22 heavy (non-hydrogen) atoms. The number of nitrogens with one attached hydrogen (secondary N) is 1. The van der Waals surface area contributed by atoms with Crippen LogP contribution in [0.15, 0.2) is 57.7 Å². The molecule has 6 heteroatoms. The number of rotatable bonds is 2. The van der Waals surface area contributed by atoms with Gasteiger partial charge in [-0.2, -0.15) is 9.97 Å². The van der Waals surface area contributed by atoms with Crippen molar-refractivity contribution in [2.24, 2.45) is 7.05 Å². The fourth-order valence-corrected chi connectivity index (χ4v) is 2.43. The van der Waals surface area contributed by atoms with Crippen molar-refractivity contribution in [1.82, 2.24) is 14.5 Å². The molecular formula is C16H12N4O2. The molecule has 0 spiro atoms. The lowest BCUT2D eigenvalue weighted by Crippen LogP contribution is -2.16. The summed E-state index contributed by atoms with van der Waals surface area (Å²) >= 11 is 0. The second kappa shape index (κ2) is 4.70. The van der Waals surface area contributed by atoms with Crippen LogP contribution in [0.1, 0.15) is 0 Å². The Hall–Kier alpha value is -3.15. The lowest BCUT2D eigenvalue weighted by molar-refractivity contribution is 0.620. The Kier molecular flexibility index (Phi) is 2.69. The van der Waals surface area contributed by atoms with Crippen LogP contribution in [-0.2, 0) is 7.05 Å². The van der Waals surface area contributed by atoms with E-state index in [1.54, 1.807) is 10.6 Å². The smallest absolute Gasteiger partial charge is 0.302 e. The minimum absolute atomic E-state index is 0.285. The van der Waals surface area contributed by atoms with E-state index in [2.05, 4.69) is 15.3 Å². The quantitative estimate of drug-likeness (QED) is 0.615. The number of aryl methyl sites for hydroxylation is 1. The third kappa shape index (κ3) is 1.93. The highest BCUT2D eigenvalue weighted by atomic mass is 16.4. The molecule has 0 aliphatic carbocycles. The van der Waals surface area contributed by atoms with Gasteiger partial charge in [-0.25, -0.2) is 0 Å². The van der Waals surface area contributed by atoms with Crippen LogP contribution in [-0.4, -0.2) is 14.5 Å². The molecule has 2 aromatic heterocycles. The first kappa shape index (κ1) is 12.6. The average molecular weight is 292 g/mol. The molecule has 0 saturated carbocycles. The molecule has 0 radical (unpaired) electrons. The molecule has 1 N–H and O–H groups in total. The van der Waals surface area contributed by atoms with Crippen molar-refractivity contribution < 1.29 is 4.42 Å². The molecule has 0 unspecified atom stereocenters. The van der Waals surface area contributed by atoms with Crippen molar-refractivity contribution in [1.29, 1.82) is 0 Å². The predicted octanol–water partition coefficient (Wildman–Crippen LogP) is 2.82. The van der Waals surface area contributed by atoms with Crippen LogP contribution in [0, 0.1) is 0 Å². The van der Waals surface area contributed by atoms with Gasteiger partial charge in [0.05, 0.1) is 10.9 Å². The summed E-state index contributed by atoms with van der Waals surface area (Å²) in [7, 11) is 1.83. The van der Waals surface area contributed by atoms with Gasteiger partial charge in [0, 0.05) is 7.05 Å². The number of oxazole rings is 1. The monoisotopic (exact) mass is 292 g/mol. The Morgan fingerprint density at radius 3 is 2.68 bits per heavy atom. The molecule has 0 saturated heterocycles. The van der Waals surface area contributed by atoms with Crippen LogP contribution in [0.25, 0.3) is 22.0 Å². The predicted molar refractivity (Wildman–Crippen MR) is 84.3 cm³/mol. The van der Waals surface area contributed by atoms with E-state index < -0.39 is 0 Å². The van der Waals surface area contributed by atoms with Crippen molar-refractivity contribution in [2.45, 2.75) is 0 Å². The van der Waals surface area contributed by atoms with Crippen molar-refractivity contribution in [3.63, 3.8) is 0 Å². The number of hydrogen-bond acceptors (Lipinski definition) is 5. The molecule has 0 fully saturated rings. The third-order valence-electron chi connectivity index (χ3n) is 3.53. The van der Waals surface area contributed by atoms with E-state index in [9.17, 15) is 4.79 Å². The van der Waals surface area contributed by atoms with E-state index in [-0.39, 0.29) is 5.56 Å². The summed E-state index contributed by atoms with van der Waals surface area (Å²) < 4.78 is 7.40. The van der Waals surface area contributed by atoms with Crippen LogP contribution in [0.4, 0.5) is 12.0 Å². The molecule has 0 aliphatic heterocycles. The summed E-state index contributed by atoms with van der Waals surface area (Å²) in [5, 5.41) is 3.55. The fraction of sp³-hybridized carbons (Fsp3) is 0.0625. The molecule has 108 valence electrons. The zero-order chi connectivity index (χ0) is 15.1. The highest BCUT2D eigenvalue weighted by molar-refractivity contribution is 5.80. The van der Waals surface area contributed by atoms with Gasteiger partial charge in [0.15, 0.2) is 5.58 Å². The van der Waals surface area contributed by atoms with Crippen LogP contribution >= 0.6 is 0 Å². The molecule has 6 nitrogen and oxygen atoms in total. The molecule has 0 aliphatic rings. The molecular weight excluding hydrogens is 280 g/mol. The Labute approximate surface area is 125 Å². The maximum absolute atomic E-state index is 12.1. The van der Waals surface area contributed by atoms with Crippen molar-refractivity contribution >= 4 is 34.0 Å². The molecule has 0 bridgehead atoms. The second-order valence-electron chi connectivity index (χ2n) is 4.93. The first-order valence-electron chi connectivity index (χ1n) is 6.81. The van der Waals surface area contributed by atoms with Gasteiger partial charge < -0.3 is 8.98 Å². The van der Waals surface area contributed by atoms with Crippen LogP contribution < -0.4 is 10.9 Å². The number of aromatic nitrogens is 3. The number of anilines is 2. The van der Waals surface area contributed by atoms with Crippen molar-refractivity contribution in [3.05, 3.63) is 58.9 Å². The maximum Gasteiger partial charge on any atom is 0.302 e. The minimum atomic E-state index is -0.285. The van der Waals surface area contributed by atoms with Gasteiger partial charge in [-0.05, 0) is 24.3 Å². The van der Waals surface area contributed by atoms with E-state index in [4.69, 9.17) is 4.42 Å². The highest BCUT2D eigenvalue weighted by Gasteiger charge is 2.11. The molecule has 4 rings (SSSR count). The second-order valence-corrected chi connectivity index (χ2v) is 4.93. The Balaban J connectivity index is 1.84.